The van der Waals surface area contributed by atoms with E-state index >= 15 is 0 Å². The van der Waals surface area contributed by atoms with Gasteiger partial charge >= 0.3 is 0 Å². The molecule has 1 saturated carbocycles. The van der Waals surface area contributed by atoms with Crippen molar-refractivity contribution in [2.75, 3.05) is 32.8 Å². The molecule has 21 heavy (non-hydrogen) atoms. The average molecular weight is 294 g/mol. The van der Waals surface area contributed by atoms with Gasteiger partial charge in [0.05, 0.1) is 6.61 Å². The molecule has 3 rings (SSSR count). The lowest BCUT2D eigenvalue weighted by Crippen LogP contribution is -2.63. The van der Waals surface area contributed by atoms with Crippen LogP contribution in [0.1, 0.15) is 64.7 Å². The van der Waals surface area contributed by atoms with E-state index in [0.717, 1.165) is 25.7 Å². The van der Waals surface area contributed by atoms with Crippen LogP contribution in [-0.4, -0.2) is 49.3 Å². The first kappa shape index (κ1) is 15.8. The van der Waals surface area contributed by atoms with Crippen LogP contribution in [0.2, 0.25) is 0 Å². The Bertz CT molecular complexity index is 302. The van der Waals surface area contributed by atoms with E-state index in [2.05, 4.69) is 17.1 Å². The summed E-state index contributed by atoms with van der Waals surface area (Å²) >= 11 is 0. The largest absolute Gasteiger partial charge is 0.381 e. The topological polar surface area (TPSA) is 24.5 Å². The first-order valence-corrected chi connectivity index (χ1v) is 9.43. The van der Waals surface area contributed by atoms with Crippen molar-refractivity contribution in [3.8, 4) is 0 Å². The number of nitrogens with zero attached hydrogens (tertiary/aromatic N) is 1. The maximum Gasteiger partial charge on any atom is 0.0509 e. The molecule has 1 N–H and O–H groups in total. The Morgan fingerprint density at radius 1 is 1.14 bits per heavy atom. The molecule has 3 heteroatoms. The minimum atomic E-state index is 0.442. The van der Waals surface area contributed by atoms with Crippen molar-refractivity contribution in [1.29, 1.82) is 0 Å². The van der Waals surface area contributed by atoms with Gasteiger partial charge in [-0.25, -0.2) is 0 Å². The van der Waals surface area contributed by atoms with Crippen molar-refractivity contribution < 1.29 is 4.74 Å². The van der Waals surface area contributed by atoms with E-state index in [-0.39, 0.29) is 0 Å². The zero-order valence-corrected chi connectivity index (χ0v) is 13.9. The Labute approximate surface area is 130 Å². The Kier molecular flexibility index (Phi) is 5.58. The summed E-state index contributed by atoms with van der Waals surface area (Å²) in [6.45, 7) is 8.08. The molecule has 3 nitrogen and oxygen atoms in total. The molecule has 0 aromatic rings. The number of likely N-dealkylation sites (tertiary alicyclic amines) is 1. The number of rotatable bonds is 6. The lowest BCUT2D eigenvalue weighted by atomic mass is 9.76. The Morgan fingerprint density at radius 3 is 2.52 bits per heavy atom. The van der Waals surface area contributed by atoms with Gasteiger partial charge in [-0.3, -0.25) is 4.90 Å². The predicted molar refractivity (Wildman–Crippen MR) is 87.6 cm³/mol. The van der Waals surface area contributed by atoms with Crippen molar-refractivity contribution in [3.63, 3.8) is 0 Å². The van der Waals surface area contributed by atoms with Gasteiger partial charge in [0.25, 0.3) is 0 Å². The van der Waals surface area contributed by atoms with Gasteiger partial charge in [0, 0.05) is 18.2 Å². The lowest BCUT2D eigenvalue weighted by Gasteiger charge is -2.49. The monoisotopic (exact) mass is 294 g/mol. The first-order valence-electron chi connectivity index (χ1n) is 9.43. The van der Waals surface area contributed by atoms with Crippen LogP contribution in [0.15, 0.2) is 0 Å². The van der Waals surface area contributed by atoms with Gasteiger partial charge in [0.1, 0.15) is 0 Å². The summed E-state index contributed by atoms with van der Waals surface area (Å²) in [5, 5.41) is 3.98. The highest BCUT2D eigenvalue weighted by Crippen LogP contribution is 2.43. The summed E-state index contributed by atoms with van der Waals surface area (Å²) in [5.74, 6) is 0.726. The molecule has 0 spiro atoms. The van der Waals surface area contributed by atoms with Gasteiger partial charge < -0.3 is 10.1 Å². The van der Waals surface area contributed by atoms with Gasteiger partial charge in [-0.2, -0.15) is 0 Å². The maximum absolute atomic E-state index is 5.85. The fourth-order valence-corrected chi connectivity index (χ4v) is 5.10. The molecular weight excluding hydrogens is 260 g/mol. The fourth-order valence-electron chi connectivity index (χ4n) is 5.10. The number of ether oxygens (including phenoxy) is 1. The highest BCUT2D eigenvalue weighted by Gasteiger charge is 2.49. The van der Waals surface area contributed by atoms with Gasteiger partial charge in [-0.1, -0.05) is 19.8 Å². The second kappa shape index (κ2) is 7.43. The zero-order valence-electron chi connectivity index (χ0n) is 13.9. The van der Waals surface area contributed by atoms with Gasteiger partial charge in [-0.05, 0) is 70.5 Å². The molecular formula is C18H34N2O. The minimum absolute atomic E-state index is 0.442. The summed E-state index contributed by atoms with van der Waals surface area (Å²) in [6.07, 6.45) is 12.3. The zero-order chi connectivity index (χ0) is 14.5. The fraction of sp³-hybridized carbons (Fsp3) is 1.00. The summed E-state index contributed by atoms with van der Waals surface area (Å²) in [7, 11) is 0. The molecule has 0 bridgehead atoms. The van der Waals surface area contributed by atoms with Crippen LogP contribution in [-0.2, 0) is 4.74 Å². The van der Waals surface area contributed by atoms with Crippen LogP contribution >= 0.6 is 0 Å². The SMILES string of the molecule is CCCNC(C1CCCOC1)C1(N2CCCC2)CCCC1. The number of hydrogen-bond donors (Lipinski definition) is 1. The normalized spacial score (nSPS) is 31.6. The van der Waals surface area contributed by atoms with Crippen molar-refractivity contribution in [2.45, 2.75) is 76.3 Å². The molecule has 0 radical (unpaired) electrons. The van der Waals surface area contributed by atoms with Crippen molar-refractivity contribution in [3.05, 3.63) is 0 Å². The number of hydrogen-bond acceptors (Lipinski definition) is 3. The van der Waals surface area contributed by atoms with Crippen molar-refractivity contribution in [2.24, 2.45) is 5.92 Å². The van der Waals surface area contributed by atoms with Crippen LogP contribution in [0.4, 0.5) is 0 Å². The van der Waals surface area contributed by atoms with Gasteiger partial charge in [0.2, 0.25) is 0 Å². The average Bonchev–Trinajstić information content (AvgIpc) is 3.21. The van der Waals surface area contributed by atoms with E-state index in [1.54, 1.807) is 0 Å². The van der Waals surface area contributed by atoms with E-state index in [9.17, 15) is 0 Å². The van der Waals surface area contributed by atoms with Crippen LogP contribution in [0, 0.1) is 5.92 Å². The molecule has 0 aromatic carbocycles. The summed E-state index contributed by atoms with van der Waals surface area (Å²) in [4.78, 5) is 2.86. The molecule has 3 fully saturated rings. The van der Waals surface area contributed by atoms with E-state index in [1.807, 2.05) is 0 Å². The maximum atomic E-state index is 5.85. The van der Waals surface area contributed by atoms with Crippen LogP contribution < -0.4 is 5.32 Å². The van der Waals surface area contributed by atoms with Crippen LogP contribution in [0.5, 0.6) is 0 Å². The third-order valence-electron chi connectivity index (χ3n) is 6.07. The summed E-state index contributed by atoms with van der Waals surface area (Å²) in [6, 6.07) is 0.651. The van der Waals surface area contributed by atoms with E-state index < -0.39 is 0 Å². The van der Waals surface area contributed by atoms with E-state index in [1.165, 1.54) is 70.9 Å². The van der Waals surface area contributed by atoms with Crippen LogP contribution in [0.3, 0.4) is 0 Å². The van der Waals surface area contributed by atoms with Crippen LogP contribution in [0.25, 0.3) is 0 Å². The molecule has 2 heterocycles. The molecule has 122 valence electrons. The Morgan fingerprint density at radius 2 is 1.90 bits per heavy atom. The predicted octanol–water partition coefficient (Wildman–Crippen LogP) is 3.19. The minimum Gasteiger partial charge on any atom is -0.381 e. The van der Waals surface area contributed by atoms with Gasteiger partial charge in [-0.15, -0.1) is 0 Å². The summed E-state index contributed by atoms with van der Waals surface area (Å²) in [5.41, 5.74) is 0.442. The lowest BCUT2D eigenvalue weighted by molar-refractivity contribution is -0.0127. The van der Waals surface area contributed by atoms with E-state index in [4.69, 9.17) is 4.74 Å². The molecule has 0 amide bonds. The quantitative estimate of drug-likeness (QED) is 0.814. The molecule has 2 saturated heterocycles. The van der Waals surface area contributed by atoms with Crippen molar-refractivity contribution in [1.82, 2.24) is 10.2 Å². The third kappa shape index (κ3) is 3.30. The smallest absolute Gasteiger partial charge is 0.0509 e. The summed E-state index contributed by atoms with van der Waals surface area (Å²) < 4.78 is 5.85. The third-order valence-corrected chi connectivity index (χ3v) is 6.07. The number of nitrogens with one attached hydrogen (secondary N) is 1. The second-order valence-electron chi connectivity index (χ2n) is 7.41. The highest BCUT2D eigenvalue weighted by atomic mass is 16.5. The van der Waals surface area contributed by atoms with Crippen molar-refractivity contribution >= 4 is 0 Å². The molecule has 2 unspecified atom stereocenters. The molecule has 2 aliphatic heterocycles. The molecule has 2 atom stereocenters. The van der Waals surface area contributed by atoms with Gasteiger partial charge in [0.15, 0.2) is 0 Å². The Balaban J connectivity index is 1.79. The standard InChI is InChI=1S/C18H34N2O/c1-2-11-19-17(16-8-7-14-21-15-16)18(9-3-4-10-18)20-12-5-6-13-20/h16-17,19H,2-15H2,1H3. The Hall–Kier alpha value is -0.120. The molecule has 1 aliphatic carbocycles. The molecule has 0 aromatic heterocycles. The molecule has 3 aliphatic rings. The van der Waals surface area contributed by atoms with E-state index in [0.29, 0.717) is 11.6 Å². The highest BCUT2D eigenvalue weighted by molar-refractivity contribution is 5.07. The first-order chi connectivity index (χ1) is 10.4. The second-order valence-corrected chi connectivity index (χ2v) is 7.41.